The monoisotopic (exact) mass is 233 g/mol. The van der Waals surface area contributed by atoms with E-state index < -0.39 is 11.6 Å². The topological polar surface area (TPSA) is 66.5 Å². The minimum atomic E-state index is -0.835. The molecule has 4 N–H and O–H groups in total. The molecule has 0 aliphatic carbocycles. The number of hydrogen-bond donors (Lipinski definition) is 3. The highest BCUT2D eigenvalue weighted by Crippen LogP contribution is 2.39. The Labute approximate surface area is 92.3 Å². The lowest BCUT2D eigenvalue weighted by atomic mass is 9.96. The average molecular weight is 234 g/mol. The normalized spacial score (nSPS) is 12.8. The molecule has 0 saturated heterocycles. The fourth-order valence-electron chi connectivity index (χ4n) is 1.47. The number of phenolic OH excluding ortho intramolecular Hbond substituents is 2. The van der Waals surface area contributed by atoms with Gasteiger partial charge in [-0.1, -0.05) is 18.5 Å². The zero-order valence-electron chi connectivity index (χ0n) is 8.30. The van der Waals surface area contributed by atoms with Crippen LogP contribution in [0.1, 0.15) is 24.8 Å². The maximum atomic E-state index is 13.5. The smallest absolute Gasteiger partial charge is 0.172 e. The minimum Gasteiger partial charge on any atom is -0.506 e. The van der Waals surface area contributed by atoms with Crippen LogP contribution in [0.5, 0.6) is 11.5 Å². The molecule has 15 heavy (non-hydrogen) atoms. The molecule has 0 radical (unpaired) electrons. The Morgan fingerprint density at radius 1 is 1.53 bits per heavy atom. The minimum absolute atomic E-state index is 0.0189. The second-order valence-corrected chi connectivity index (χ2v) is 3.84. The Hall–Kier alpha value is -1.00. The molecule has 0 amide bonds. The van der Waals surface area contributed by atoms with Crippen molar-refractivity contribution in [3.8, 4) is 11.5 Å². The standard InChI is InChI=1S/C10H13ClFNO2/c1-5(2-3-13)8-9(12)7(14)4-6(11)10(8)15/h4-5,14-15H,2-3,13H2,1H3. The summed E-state index contributed by atoms with van der Waals surface area (Å²) in [5.41, 5.74) is 5.36. The summed E-state index contributed by atoms with van der Waals surface area (Å²) in [4.78, 5) is 0. The van der Waals surface area contributed by atoms with E-state index in [1.54, 1.807) is 6.92 Å². The number of halogens is 2. The Bertz CT molecular complexity index is 345. The van der Waals surface area contributed by atoms with Crippen molar-refractivity contribution in [2.45, 2.75) is 19.3 Å². The van der Waals surface area contributed by atoms with Crippen LogP contribution in [0.25, 0.3) is 0 Å². The van der Waals surface area contributed by atoms with E-state index in [0.717, 1.165) is 6.07 Å². The summed E-state index contributed by atoms with van der Waals surface area (Å²) in [6.45, 7) is 2.08. The molecule has 1 unspecified atom stereocenters. The zero-order chi connectivity index (χ0) is 11.6. The molecule has 1 atom stereocenters. The molecule has 3 nitrogen and oxygen atoms in total. The van der Waals surface area contributed by atoms with Gasteiger partial charge >= 0.3 is 0 Å². The summed E-state index contributed by atoms with van der Waals surface area (Å²) >= 11 is 5.63. The van der Waals surface area contributed by atoms with E-state index in [2.05, 4.69) is 0 Å². The fourth-order valence-corrected chi connectivity index (χ4v) is 1.67. The molecule has 1 aromatic carbocycles. The van der Waals surface area contributed by atoms with Crippen molar-refractivity contribution in [3.63, 3.8) is 0 Å². The number of rotatable bonds is 3. The molecule has 0 saturated carbocycles. The van der Waals surface area contributed by atoms with Crippen LogP contribution in [0.15, 0.2) is 6.07 Å². The highest BCUT2D eigenvalue weighted by atomic mass is 35.5. The van der Waals surface area contributed by atoms with Gasteiger partial charge in [-0.05, 0) is 18.9 Å². The zero-order valence-corrected chi connectivity index (χ0v) is 9.05. The summed E-state index contributed by atoms with van der Waals surface area (Å²) < 4.78 is 13.5. The van der Waals surface area contributed by atoms with Gasteiger partial charge in [0.1, 0.15) is 5.75 Å². The van der Waals surface area contributed by atoms with E-state index in [0.29, 0.717) is 13.0 Å². The number of nitrogens with two attached hydrogens (primary N) is 1. The molecule has 0 bridgehead atoms. The largest absolute Gasteiger partial charge is 0.506 e. The van der Waals surface area contributed by atoms with Gasteiger partial charge in [0.25, 0.3) is 0 Å². The molecule has 0 aliphatic heterocycles. The summed E-state index contributed by atoms with van der Waals surface area (Å²) in [6.07, 6.45) is 0.504. The Morgan fingerprint density at radius 2 is 2.13 bits per heavy atom. The number of aromatic hydroxyl groups is 2. The Balaban J connectivity index is 3.26. The van der Waals surface area contributed by atoms with Gasteiger partial charge in [-0.25, -0.2) is 4.39 Å². The molecular weight excluding hydrogens is 221 g/mol. The molecule has 0 aromatic heterocycles. The van der Waals surface area contributed by atoms with Gasteiger partial charge in [-0.3, -0.25) is 0 Å². The van der Waals surface area contributed by atoms with Crippen molar-refractivity contribution in [3.05, 3.63) is 22.5 Å². The summed E-state index contributed by atoms with van der Waals surface area (Å²) in [7, 11) is 0. The first kappa shape index (κ1) is 12.1. The molecule has 1 aromatic rings. The number of hydrogen-bond acceptors (Lipinski definition) is 3. The third kappa shape index (κ3) is 2.33. The van der Waals surface area contributed by atoms with Gasteiger partial charge < -0.3 is 15.9 Å². The van der Waals surface area contributed by atoms with Gasteiger partial charge in [0.05, 0.1) is 5.02 Å². The van der Waals surface area contributed by atoms with Gasteiger partial charge in [0.15, 0.2) is 11.6 Å². The van der Waals surface area contributed by atoms with E-state index in [1.807, 2.05) is 0 Å². The van der Waals surface area contributed by atoms with Crippen molar-refractivity contribution in [1.82, 2.24) is 0 Å². The fraction of sp³-hybridized carbons (Fsp3) is 0.400. The van der Waals surface area contributed by atoms with Crippen LogP contribution in [0.4, 0.5) is 4.39 Å². The van der Waals surface area contributed by atoms with Gasteiger partial charge in [-0.2, -0.15) is 0 Å². The molecule has 0 spiro atoms. The molecule has 5 heteroatoms. The average Bonchev–Trinajstić information content (AvgIpc) is 2.16. The number of phenols is 2. The summed E-state index contributed by atoms with van der Waals surface area (Å²) in [5.74, 6) is -2.01. The van der Waals surface area contributed by atoms with Crippen LogP contribution >= 0.6 is 11.6 Å². The Morgan fingerprint density at radius 3 is 2.67 bits per heavy atom. The third-order valence-electron chi connectivity index (χ3n) is 2.30. The van der Waals surface area contributed by atoms with Crippen LogP contribution in [-0.2, 0) is 0 Å². The highest BCUT2D eigenvalue weighted by Gasteiger charge is 2.21. The van der Waals surface area contributed by atoms with E-state index >= 15 is 0 Å². The number of benzene rings is 1. The first-order valence-corrected chi connectivity index (χ1v) is 4.96. The van der Waals surface area contributed by atoms with Crippen LogP contribution in [0.3, 0.4) is 0 Å². The SMILES string of the molecule is CC(CCN)c1c(O)c(Cl)cc(O)c1F. The van der Waals surface area contributed by atoms with Gasteiger partial charge in [0, 0.05) is 11.6 Å². The molecule has 0 aliphatic rings. The van der Waals surface area contributed by atoms with Crippen LogP contribution in [0, 0.1) is 5.82 Å². The third-order valence-corrected chi connectivity index (χ3v) is 2.59. The van der Waals surface area contributed by atoms with Crippen molar-refractivity contribution in [1.29, 1.82) is 0 Å². The molecule has 1 rings (SSSR count). The maximum absolute atomic E-state index is 13.5. The van der Waals surface area contributed by atoms with Gasteiger partial charge in [-0.15, -0.1) is 0 Å². The maximum Gasteiger partial charge on any atom is 0.172 e. The van der Waals surface area contributed by atoms with E-state index in [9.17, 15) is 14.6 Å². The van der Waals surface area contributed by atoms with Crippen LogP contribution < -0.4 is 5.73 Å². The lowest BCUT2D eigenvalue weighted by Gasteiger charge is -2.15. The van der Waals surface area contributed by atoms with Gasteiger partial charge in [0.2, 0.25) is 0 Å². The van der Waals surface area contributed by atoms with Crippen molar-refractivity contribution in [2.75, 3.05) is 6.54 Å². The summed E-state index contributed by atoms with van der Waals surface area (Å²) in [5, 5.41) is 18.7. The van der Waals surface area contributed by atoms with E-state index in [-0.39, 0.29) is 22.3 Å². The molecule has 84 valence electrons. The van der Waals surface area contributed by atoms with Crippen molar-refractivity contribution >= 4 is 11.6 Å². The lowest BCUT2D eigenvalue weighted by molar-refractivity contribution is 0.406. The highest BCUT2D eigenvalue weighted by molar-refractivity contribution is 6.32. The molecule has 0 fully saturated rings. The second-order valence-electron chi connectivity index (χ2n) is 3.43. The first-order valence-electron chi connectivity index (χ1n) is 4.59. The Kier molecular flexibility index (Phi) is 3.77. The second kappa shape index (κ2) is 4.68. The first-order chi connectivity index (χ1) is 6.99. The lowest BCUT2D eigenvalue weighted by Crippen LogP contribution is -2.06. The van der Waals surface area contributed by atoms with Crippen LogP contribution in [0.2, 0.25) is 5.02 Å². The van der Waals surface area contributed by atoms with Crippen LogP contribution in [-0.4, -0.2) is 16.8 Å². The molecular formula is C10H13ClFNO2. The van der Waals surface area contributed by atoms with Crippen molar-refractivity contribution in [2.24, 2.45) is 5.73 Å². The predicted molar refractivity (Wildman–Crippen MR) is 56.8 cm³/mol. The summed E-state index contributed by atoms with van der Waals surface area (Å²) in [6, 6.07) is 0.977. The van der Waals surface area contributed by atoms with Crippen molar-refractivity contribution < 1.29 is 14.6 Å². The quantitative estimate of drug-likeness (QED) is 0.702. The van der Waals surface area contributed by atoms with E-state index in [1.165, 1.54) is 0 Å². The molecule has 0 heterocycles. The van der Waals surface area contributed by atoms with E-state index in [4.69, 9.17) is 17.3 Å². The predicted octanol–water partition coefficient (Wildman–Crippen LogP) is 2.34.